The van der Waals surface area contributed by atoms with Crippen LogP contribution in [-0.2, 0) is 6.18 Å². The normalized spacial score (nSPS) is 13.0. The third-order valence-electron chi connectivity index (χ3n) is 5.19. The van der Waals surface area contributed by atoms with E-state index in [1.165, 1.54) is 17.4 Å². The second-order valence-corrected chi connectivity index (χ2v) is 8.15. The molecular formula is C23H22F3NOS. The van der Waals surface area contributed by atoms with E-state index in [0.717, 1.165) is 11.6 Å². The second kappa shape index (κ2) is 8.11. The summed E-state index contributed by atoms with van der Waals surface area (Å²) >= 11 is 1.41. The van der Waals surface area contributed by atoms with E-state index in [9.17, 15) is 18.0 Å². The average molecular weight is 417 g/mol. The molecule has 2 nitrogen and oxygen atoms in total. The van der Waals surface area contributed by atoms with Crippen LogP contribution in [0.5, 0.6) is 0 Å². The summed E-state index contributed by atoms with van der Waals surface area (Å²) in [5.41, 5.74) is 3.96. The molecule has 29 heavy (non-hydrogen) atoms. The van der Waals surface area contributed by atoms with Crippen LogP contribution in [0.25, 0.3) is 11.1 Å². The van der Waals surface area contributed by atoms with Gasteiger partial charge >= 0.3 is 6.18 Å². The molecule has 6 heteroatoms. The van der Waals surface area contributed by atoms with Gasteiger partial charge in [-0.25, -0.2) is 4.98 Å². The lowest BCUT2D eigenvalue weighted by atomic mass is 9.86. The molecule has 0 amide bonds. The highest BCUT2D eigenvalue weighted by Gasteiger charge is 2.34. The van der Waals surface area contributed by atoms with Crippen LogP contribution in [0, 0.1) is 6.92 Å². The topological polar surface area (TPSA) is 30.0 Å². The Balaban J connectivity index is 2.15. The SMILES string of the molecule is Cc1c(C(=O)C(C)c2cscn2)cccc1-c1cc(C(C)C)ccc1C(F)(F)F. The number of carbonyl (C=O) groups excluding carboxylic acids is 1. The van der Waals surface area contributed by atoms with E-state index in [1.807, 2.05) is 19.2 Å². The molecule has 152 valence electrons. The highest BCUT2D eigenvalue weighted by atomic mass is 32.1. The predicted molar refractivity (Wildman–Crippen MR) is 111 cm³/mol. The van der Waals surface area contributed by atoms with Crippen LogP contribution in [0.3, 0.4) is 0 Å². The molecule has 0 aliphatic carbocycles. The van der Waals surface area contributed by atoms with Crippen LogP contribution < -0.4 is 0 Å². The minimum atomic E-state index is -4.48. The van der Waals surface area contributed by atoms with Gasteiger partial charge in [0.25, 0.3) is 0 Å². The molecule has 0 N–H and O–H groups in total. The Morgan fingerprint density at radius 1 is 1.07 bits per heavy atom. The fourth-order valence-electron chi connectivity index (χ4n) is 3.39. The van der Waals surface area contributed by atoms with Crippen LogP contribution in [0.1, 0.15) is 65.3 Å². The Kier molecular flexibility index (Phi) is 5.94. The van der Waals surface area contributed by atoms with Gasteiger partial charge in [0, 0.05) is 10.9 Å². The third kappa shape index (κ3) is 4.27. The molecule has 1 atom stereocenters. The van der Waals surface area contributed by atoms with Gasteiger partial charge in [0.15, 0.2) is 5.78 Å². The van der Waals surface area contributed by atoms with Crippen molar-refractivity contribution in [3.63, 3.8) is 0 Å². The molecule has 0 radical (unpaired) electrons. The van der Waals surface area contributed by atoms with Crippen molar-refractivity contribution in [3.8, 4) is 11.1 Å². The Morgan fingerprint density at radius 3 is 2.38 bits per heavy atom. The van der Waals surface area contributed by atoms with Crippen molar-refractivity contribution in [2.24, 2.45) is 0 Å². The summed E-state index contributed by atoms with van der Waals surface area (Å²) in [6.45, 7) is 7.35. The lowest BCUT2D eigenvalue weighted by Crippen LogP contribution is -2.13. The lowest BCUT2D eigenvalue weighted by Gasteiger charge is -2.19. The van der Waals surface area contributed by atoms with Crippen molar-refractivity contribution in [1.29, 1.82) is 0 Å². The summed E-state index contributed by atoms with van der Waals surface area (Å²) in [5.74, 6) is -0.519. The summed E-state index contributed by atoms with van der Waals surface area (Å²) < 4.78 is 41.1. The standard InChI is InChI=1S/C23H22F3NOS/c1-13(2)16-8-9-20(23(24,25)26)19(10-16)17-6-5-7-18(14(17)3)22(28)15(4)21-11-29-12-27-21/h5-13,15H,1-4H3. The zero-order valence-electron chi connectivity index (χ0n) is 16.7. The van der Waals surface area contributed by atoms with Gasteiger partial charge < -0.3 is 0 Å². The highest BCUT2D eigenvalue weighted by Crippen LogP contribution is 2.40. The highest BCUT2D eigenvalue weighted by molar-refractivity contribution is 7.07. The number of Topliss-reactive ketones (excluding diaryl/α,β-unsaturated/α-hetero) is 1. The minimum Gasteiger partial charge on any atom is -0.293 e. The fourth-order valence-corrected chi connectivity index (χ4v) is 4.04. The number of rotatable bonds is 5. The van der Waals surface area contributed by atoms with Crippen molar-refractivity contribution in [1.82, 2.24) is 4.98 Å². The van der Waals surface area contributed by atoms with Gasteiger partial charge in [-0.1, -0.05) is 44.2 Å². The molecule has 0 fully saturated rings. The summed E-state index contributed by atoms with van der Waals surface area (Å²) in [5, 5.41) is 1.82. The molecule has 0 saturated heterocycles. The maximum atomic E-state index is 13.7. The number of hydrogen-bond acceptors (Lipinski definition) is 3. The number of ketones is 1. The summed E-state index contributed by atoms with van der Waals surface area (Å²) in [7, 11) is 0. The van der Waals surface area contributed by atoms with Crippen LogP contribution >= 0.6 is 11.3 Å². The maximum Gasteiger partial charge on any atom is 0.417 e. The Hall–Kier alpha value is -2.47. The van der Waals surface area contributed by atoms with Crippen LogP contribution in [0.4, 0.5) is 13.2 Å². The Bertz CT molecular complexity index is 1020. The molecule has 3 aromatic rings. The molecule has 1 aromatic heterocycles. The zero-order valence-corrected chi connectivity index (χ0v) is 17.5. The van der Waals surface area contributed by atoms with Gasteiger partial charge in [-0.3, -0.25) is 4.79 Å². The zero-order chi connectivity index (χ0) is 21.3. The Labute approximate surface area is 172 Å². The van der Waals surface area contributed by atoms with Gasteiger partial charge in [-0.05, 0) is 48.1 Å². The number of aromatic nitrogens is 1. The molecule has 3 rings (SSSR count). The molecular weight excluding hydrogens is 395 g/mol. The van der Waals surface area contributed by atoms with Crippen LogP contribution in [-0.4, -0.2) is 10.8 Å². The Morgan fingerprint density at radius 2 is 1.79 bits per heavy atom. The van der Waals surface area contributed by atoms with Gasteiger partial charge in [0.2, 0.25) is 0 Å². The predicted octanol–water partition coefficient (Wildman–Crippen LogP) is 7.25. The monoisotopic (exact) mass is 417 g/mol. The van der Waals surface area contributed by atoms with E-state index in [1.54, 1.807) is 43.6 Å². The molecule has 2 aromatic carbocycles. The number of hydrogen-bond donors (Lipinski definition) is 0. The number of thiazole rings is 1. The maximum absolute atomic E-state index is 13.7. The van der Waals surface area contributed by atoms with Gasteiger partial charge in [0.05, 0.1) is 22.7 Å². The number of benzene rings is 2. The van der Waals surface area contributed by atoms with E-state index < -0.39 is 17.7 Å². The van der Waals surface area contributed by atoms with E-state index in [4.69, 9.17) is 0 Å². The molecule has 0 spiro atoms. The van der Waals surface area contributed by atoms with Crippen molar-refractivity contribution < 1.29 is 18.0 Å². The first-order chi connectivity index (χ1) is 13.6. The second-order valence-electron chi connectivity index (χ2n) is 7.43. The van der Waals surface area contributed by atoms with Crippen molar-refractivity contribution in [2.75, 3.05) is 0 Å². The first-order valence-corrected chi connectivity index (χ1v) is 10.3. The largest absolute Gasteiger partial charge is 0.417 e. The molecule has 0 aliphatic heterocycles. The minimum absolute atomic E-state index is 0.0887. The smallest absolute Gasteiger partial charge is 0.293 e. The van der Waals surface area contributed by atoms with Crippen molar-refractivity contribution in [2.45, 2.75) is 45.7 Å². The molecule has 1 heterocycles. The van der Waals surface area contributed by atoms with Crippen LogP contribution in [0.15, 0.2) is 47.3 Å². The molecule has 0 aliphatic rings. The fraction of sp³-hybridized carbons (Fsp3) is 0.304. The number of nitrogens with zero attached hydrogens (tertiary/aromatic N) is 1. The summed E-state index contributed by atoms with van der Waals surface area (Å²) in [6.07, 6.45) is -4.48. The molecule has 0 bridgehead atoms. The third-order valence-corrected chi connectivity index (χ3v) is 5.80. The molecule has 0 saturated carbocycles. The summed E-state index contributed by atoms with van der Waals surface area (Å²) in [6, 6.07) is 9.21. The van der Waals surface area contributed by atoms with Crippen LogP contribution in [0.2, 0.25) is 0 Å². The van der Waals surface area contributed by atoms with Crippen molar-refractivity contribution >= 4 is 17.1 Å². The first kappa shape index (κ1) is 21.2. The number of halogens is 3. The van der Waals surface area contributed by atoms with Crippen molar-refractivity contribution in [3.05, 3.63) is 75.2 Å². The number of alkyl halides is 3. The van der Waals surface area contributed by atoms with Gasteiger partial charge in [-0.2, -0.15) is 13.2 Å². The van der Waals surface area contributed by atoms with E-state index in [0.29, 0.717) is 22.4 Å². The van der Waals surface area contributed by atoms with E-state index >= 15 is 0 Å². The average Bonchev–Trinajstić information content (AvgIpc) is 3.20. The summed E-state index contributed by atoms with van der Waals surface area (Å²) in [4.78, 5) is 17.2. The first-order valence-electron chi connectivity index (χ1n) is 9.34. The van der Waals surface area contributed by atoms with Gasteiger partial charge in [0.1, 0.15) is 0 Å². The molecule has 1 unspecified atom stereocenters. The van der Waals surface area contributed by atoms with Gasteiger partial charge in [-0.15, -0.1) is 11.3 Å². The van der Waals surface area contributed by atoms with E-state index in [-0.39, 0.29) is 17.3 Å². The quantitative estimate of drug-likeness (QED) is 0.409. The van der Waals surface area contributed by atoms with E-state index in [2.05, 4.69) is 4.98 Å². The number of carbonyl (C=O) groups is 1. The lowest BCUT2D eigenvalue weighted by molar-refractivity contribution is -0.137.